The zero-order valence-electron chi connectivity index (χ0n) is 10.8. The molecule has 3 heteroatoms. The summed E-state index contributed by atoms with van der Waals surface area (Å²) in [5.41, 5.74) is 0.883. The van der Waals surface area contributed by atoms with Crippen molar-refractivity contribution in [1.82, 2.24) is 0 Å². The fourth-order valence-electron chi connectivity index (χ4n) is 2.17. The van der Waals surface area contributed by atoms with Gasteiger partial charge in [0.2, 0.25) is 0 Å². The lowest BCUT2D eigenvalue weighted by Crippen LogP contribution is -2.09. The number of carbonyl (C=O) groups is 1. The molecule has 0 heterocycles. The lowest BCUT2D eigenvalue weighted by Gasteiger charge is -2.11. The van der Waals surface area contributed by atoms with Gasteiger partial charge in [0.15, 0.2) is 0 Å². The van der Waals surface area contributed by atoms with Gasteiger partial charge >= 0.3 is 5.97 Å². The maximum Gasteiger partial charge on any atom is 0.307 e. The normalized spacial score (nSPS) is 11.8. The van der Waals surface area contributed by atoms with E-state index in [1.54, 1.807) is 6.92 Å². The van der Waals surface area contributed by atoms with Crippen molar-refractivity contribution in [3.63, 3.8) is 0 Å². The number of fused-ring (bicyclic) bond motifs is 1. The molecule has 1 atom stereocenters. The summed E-state index contributed by atoms with van der Waals surface area (Å²) in [6.45, 7) is 2.10. The molecule has 2 rings (SSSR count). The smallest absolute Gasteiger partial charge is 0.307 e. The number of carbonyl (C=O) groups excluding carboxylic acids is 1. The van der Waals surface area contributed by atoms with Gasteiger partial charge in [-0.3, -0.25) is 4.79 Å². The van der Waals surface area contributed by atoms with Crippen molar-refractivity contribution in [2.24, 2.45) is 0 Å². The number of esters is 1. The second-order valence-corrected chi connectivity index (χ2v) is 4.26. The van der Waals surface area contributed by atoms with Gasteiger partial charge in [-0.1, -0.05) is 42.5 Å². The average molecular weight is 253 g/mol. The van der Waals surface area contributed by atoms with Gasteiger partial charge in [-0.15, -0.1) is 0 Å². The minimum atomic E-state index is -0.467. The molecule has 0 bridgehead atoms. The Morgan fingerprint density at radius 1 is 1.26 bits per heavy atom. The molecule has 0 spiro atoms. The maximum absolute atomic E-state index is 11.5. The van der Waals surface area contributed by atoms with Crippen LogP contribution in [0, 0.1) is 11.3 Å². The van der Waals surface area contributed by atoms with Crippen LogP contribution in [0.4, 0.5) is 0 Å². The Hall–Kier alpha value is -2.34. The van der Waals surface area contributed by atoms with E-state index in [2.05, 4.69) is 6.07 Å². The van der Waals surface area contributed by atoms with E-state index >= 15 is 0 Å². The first-order valence-corrected chi connectivity index (χ1v) is 6.29. The van der Waals surface area contributed by atoms with Crippen LogP contribution in [-0.2, 0) is 9.53 Å². The summed E-state index contributed by atoms with van der Waals surface area (Å²) in [7, 11) is 0. The van der Waals surface area contributed by atoms with Gasteiger partial charge in [0.25, 0.3) is 0 Å². The molecule has 0 aromatic heterocycles. The fourth-order valence-corrected chi connectivity index (χ4v) is 2.17. The molecule has 0 unspecified atom stereocenters. The highest BCUT2D eigenvalue weighted by molar-refractivity contribution is 5.87. The molecule has 0 saturated carbocycles. The number of benzene rings is 2. The van der Waals surface area contributed by atoms with Crippen LogP contribution < -0.4 is 0 Å². The van der Waals surface area contributed by atoms with Gasteiger partial charge in [0.05, 0.1) is 25.0 Å². The molecule has 0 fully saturated rings. The Labute approximate surface area is 112 Å². The average Bonchev–Trinajstić information content (AvgIpc) is 2.44. The molecule has 0 aliphatic heterocycles. The molecule has 0 radical (unpaired) electrons. The Bertz CT molecular complexity index is 623. The third-order valence-corrected chi connectivity index (χ3v) is 3.03. The van der Waals surface area contributed by atoms with E-state index in [-0.39, 0.29) is 12.4 Å². The van der Waals surface area contributed by atoms with E-state index in [0.717, 1.165) is 16.3 Å². The molecule has 3 nitrogen and oxygen atoms in total. The number of rotatable bonds is 4. The second kappa shape index (κ2) is 6.01. The van der Waals surface area contributed by atoms with Crippen LogP contribution in [0.1, 0.15) is 24.8 Å². The predicted octanol–water partition coefficient (Wildman–Crippen LogP) is 3.40. The molecule has 19 heavy (non-hydrogen) atoms. The summed E-state index contributed by atoms with van der Waals surface area (Å²) in [4.78, 5) is 11.5. The summed E-state index contributed by atoms with van der Waals surface area (Å²) in [6.07, 6.45) is 0.0956. The summed E-state index contributed by atoms with van der Waals surface area (Å²) >= 11 is 0. The van der Waals surface area contributed by atoms with Crippen LogP contribution >= 0.6 is 0 Å². The number of nitriles is 1. The van der Waals surface area contributed by atoms with E-state index < -0.39 is 5.92 Å². The fraction of sp³-hybridized carbons (Fsp3) is 0.250. The highest BCUT2D eigenvalue weighted by Crippen LogP contribution is 2.27. The standard InChI is InChI=1S/C16H15NO2/c1-2-19-16(18)10-13(11-17)15-9-5-7-12-6-3-4-8-14(12)15/h3-9,13H,2,10H2,1H3/t13-/m1/s1. The number of hydrogen-bond acceptors (Lipinski definition) is 3. The van der Waals surface area contributed by atoms with E-state index in [4.69, 9.17) is 4.74 Å². The van der Waals surface area contributed by atoms with Crippen molar-refractivity contribution >= 4 is 16.7 Å². The Kier molecular flexibility index (Phi) is 4.15. The summed E-state index contributed by atoms with van der Waals surface area (Å²) in [5, 5.41) is 11.4. The lowest BCUT2D eigenvalue weighted by atomic mass is 9.92. The van der Waals surface area contributed by atoms with Crippen molar-refractivity contribution in [2.45, 2.75) is 19.3 Å². The van der Waals surface area contributed by atoms with Crippen LogP contribution in [0.5, 0.6) is 0 Å². The number of hydrogen-bond donors (Lipinski definition) is 0. The van der Waals surface area contributed by atoms with E-state index in [9.17, 15) is 10.1 Å². The van der Waals surface area contributed by atoms with Crippen LogP contribution in [0.2, 0.25) is 0 Å². The SMILES string of the molecule is CCOC(=O)C[C@H](C#N)c1cccc2ccccc12. The number of nitrogens with zero attached hydrogens (tertiary/aromatic N) is 1. The molecule has 0 aliphatic rings. The van der Waals surface area contributed by atoms with Crippen LogP contribution in [0.25, 0.3) is 10.8 Å². The first kappa shape index (κ1) is 13.1. The van der Waals surface area contributed by atoms with Gasteiger partial charge in [-0.2, -0.15) is 5.26 Å². The maximum atomic E-state index is 11.5. The van der Waals surface area contributed by atoms with Crippen molar-refractivity contribution in [1.29, 1.82) is 5.26 Å². The van der Waals surface area contributed by atoms with Gasteiger partial charge in [-0.05, 0) is 23.3 Å². The van der Waals surface area contributed by atoms with E-state index in [1.165, 1.54) is 0 Å². The molecule has 0 aliphatic carbocycles. The molecular formula is C16H15NO2. The molecule has 0 N–H and O–H groups in total. The topological polar surface area (TPSA) is 50.1 Å². The zero-order chi connectivity index (χ0) is 13.7. The molecule has 2 aromatic carbocycles. The van der Waals surface area contributed by atoms with Gasteiger partial charge in [0.1, 0.15) is 0 Å². The van der Waals surface area contributed by atoms with Crippen LogP contribution in [-0.4, -0.2) is 12.6 Å². The van der Waals surface area contributed by atoms with Gasteiger partial charge in [-0.25, -0.2) is 0 Å². The third-order valence-electron chi connectivity index (χ3n) is 3.03. The van der Waals surface area contributed by atoms with Crippen molar-refractivity contribution < 1.29 is 9.53 Å². The van der Waals surface area contributed by atoms with Crippen molar-refractivity contribution in [2.75, 3.05) is 6.61 Å². The Morgan fingerprint density at radius 3 is 2.74 bits per heavy atom. The largest absolute Gasteiger partial charge is 0.466 e. The van der Waals surface area contributed by atoms with Crippen molar-refractivity contribution in [3.8, 4) is 6.07 Å². The number of ether oxygens (including phenoxy) is 1. The molecule has 0 amide bonds. The summed E-state index contributed by atoms with van der Waals surface area (Å²) in [6, 6.07) is 15.9. The monoisotopic (exact) mass is 253 g/mol. The first-order valence-electron chi connectivity index (χ1n) is 6.29. The first-order chi connectivity index (χ1) is 9.26. The van der Waals surface area contributed by atoms with Gasteiger partial charge < -0.3 is 4.74 Å². The minimum Gasteiger partial charge on any atom is -0.466 e. The van der Waals surface area contributed by atoms with Crippen LogP contribution in [0.15, 0.2) is 42.5 Å². The van der Waals surface area contributed by atoms with Gasteiger partial charge in [0, 0.05) is 0 Å². The van der Waals surface area contributed by atoms with E-state index in [0.29, 0.717) is 6.61 Å². The predicted molar refractivity (Wildman–Crippen MR) is 73.6 cm³/mol. The lowest BCUT2D eigenvalue weighted by molar-refractivity contribution is -0.143. The zero-order valence-corrected chi connectivity index (χ0v) is 10.8. The molecule has 0 saturated heterocycles. The Balaban J connectivity index is 2.36. The van der Waals surface area contributed by atoms with E-state index in [1.807, 2.05) is 42.5 Å². The molecule has 96 valence electrons. The summed E-state index contributed by atoms with van der Waals surface area (Å²) in [5.74, 6) is -0.799. The Morgan fingerprint density at radius 2 is 2.00 bits per heavy atom. The third kappa shape index (κ3) is 2.92. The van der Waals surface area contributed by atoms with Crippen molar-refractivity contribution in [3.05, 3.63) is 48.0 Å². The second-order valence-electron chi connectivity index (χ2n) is 4.26. The minimum absolute atomic E-state index is 0.0956. The molecule has 2 aromatic rings. The quantitative estimate of drug-likeness (QED) is 0.785. The van der Waals surface area contributed by atoms with Crippen LogP contribution in [0.3, 0.4) is 0 Å². The highest BCUT2D eigenvalue weighted by Gasteiger charge is 2.18. The highest BCUT2D eigenvalue weighted by atomic mass is 16.5. The summed E-state index contributed by atoms with van der Waals surface area (Å²) < 4.78 is 4.92. The molecular weight excluding hydrogens is 238 g/mol.